The lowest BCUT2D eigenvalue weighted by atomic mass is 9.78. The number of aldehydes is 1. The molecule has 2 fully saturated rings. The standard InChI is InChI=1S/C16H21N3O4/c1-15(2,3)23-14(21)18-12-4-11(5-17-13(12)6-20)19-7-16(8-19)9-22-10-16/h4-6H,7-10H2,1-3H3,(H,18,21). The van der Waals surface area contributed by atoms with Gasteiger partial charge < -0.3 is 14.4 Å². The Hall–Kier alpha value is -2.15. The molecule has 0 bridgehead atoms. The normalized spacial score (nSPS) is 18.8. The predicted octanol–water partition coefficient (Wildman–Crippen LogP) is 2.08. The van der Waals surface area contributed by atoms with Crippen LogP contribution in [0.5, 0.6) is 0 Å². The van der Waals surface area contributed by atoms with Crippen molar-refractivity contribution in [1.29, 1.82) is 0 Å². The summed E-state index contributed by atoms with van der Waals surface area (Å²) in [4.78, 5) is 29.3. The fourth-order valence-corrected chi connectivity index (χ4v) is 2.76. The molecule has 2 aliphatic rings. The number of aromatic nitrogens is 1. The van der Waals surface area contributed by atoms with E-state index in [-0.39, 0.29) is 11.1 Å². The van der Waals surface area contributed by atoms with Gasteiger partial charge in [0.05, 0.1) is 36.2 Å². The van der Waals surface area contributed by atoms with Crippen LogP contribution in [-0.2, 0) is 9.47 Å². The lowest BCUT2D eigenvalue weighted by Crippen LogP contribution is -2.66. The molecule has 0 atom stereocenters. The maximum Gasteiger partial charge on any atom is 0.412 e. The first kappa shape index (κ1) is 15.7. The Morgan fingerprint density at radius 1 is 1.43 bits per heavy atom. The van der Waals surface area contributed by atoms with Crippen LogP contribution in [-0.4, -0.2) is 49.3 Å². The molecule has 2 saturated heterocycles. The minimum atomic E-state index is -0.607. The lowest BCUT2D eigenvalue weighted by molar-refractivity contribution is -0.127. The number of ether oxygens (including phenoxy) is 2. The van der Waals surface area contributed by atoms with Gasteiger partial charge >= 0.3 is 6.09 Å². The fraction of sp³-hybridized carbons (Fsp3) is 0.562. The van der Waals surface area contributed by atoms with Crippen molar-refractivity contribution in [3.8, 4) is 0 Å². The molecule has 23 heavy (non-hydrogen) atoms. The minimum absolute atomic E-state index is 0.182. The number of hydrogen-bond acceptors (Lipinski definition) is 6. The van der Waals surface area contributed by atoms with Gasteiger partial charge in [0.15, 0.2) is 6.29 Å². The SMILES string of the molecule is CC(C)(C)OC(=O)Nc1cc(N2CC3(COC3)C2)cnc1C=O. The zero-order chi connectivity index (χ0) is 16.7. The van der Waals surface area contributed by atoms with Gasteiger partial charge in [-0.1, -0.05) is 0 Å². The molecule has 2 aliphatic heterocycles. The highest BCUT2D eigenvalue weighted by molar-refractivity contribution is 5.92. The van der Waals surface area contributed by atoms with E-state index in [0.29, 0.717) is 12.0 Å². The van der Waals surface area contributed by atoms with Crippen molar-refractivity contribution in [2.24, 2.45) is 5.41 Å². The number of hydrogen-bond donors (Lipinski definition) is 1. The van der Waals surface area contributed by atoms with Crippen molar-refractivity contribution < 1.29 is 19.1 Å². The van der Waals surface area contributed by atoms with E-state index in [1.165, 1.54) is 0 Å². The number of carbonyl (C=O) groups excluding carboxylic acids is 2. The largest absolute Gasteiger partial charge is 0.444 e. The second-order valence-corrected chi connectivity index (χ2v) is 7.22. The molecule has 7 nitrogen and oxygen atoms in total. The smallest absolute Gasteiger partial charge is 0.412 e. The number of nitrogens with one attached hydrogen (secondary N) is 1. The van der Waals surface area contributed by atoms with Gasteiger partial charge in [0.25, 0.3) is 0 Å². The fourth-order valence-electron chi connectivity index (χ4n) is 2.76. The number of pyridine rings is 1. The van der Waals surface area contributed by atoms with Crippen molar-refractivity contribution in [1.82, 2.24) is 4.98 Å². The lowest BCUT2D eigenvalue weighted by Gasteiger charge is -2.55. The number of carbonyl (C=O) groups is 2. The monoisotopic (exact) mass is 319 g/mol. The van der Waals surface area contributed by atoms with Crippen molar-refractivity contribution in [2.45, 2.75) is 26.4 Å². The number of rotatable bonds is 3. The van der Waals surface area contributed by atoms with E-state index in [4.69, 9.17) is 9.47 Å². The van der Waals surface area contributed by atoms with Gasteiger partial charge in [0.1, 0.15) is 11.3 Å². The van der Waals surface area contributed by atoms with E-state index in [1.54, 1.807) is 33.0 Å². The second kappa shape index (κ2) is 5.49. The third-order valence-corrected chi connectivity index (χ3v) is 3.89. The Morgan fingerprint density at radius 3 is 2.65 bits per heavy atom. The maximum absolute atomic E-state index is 11.9. The highest BCUT2D eigenvalue weighted by atomic mass is 16.6. The van der Waals surface area contributed by atoms with Crippen LogP contribution in [0.3, 0.4) is 0 Å². The van der Waals surface area contributed by atoms with Crippen LogP contribution >= 0.6 is 0 Å². The van der Waals surface area contributed by atoms with Gasteiger partial charge in [-0.3, -0.25) is 10.1 Å². The van der Waals surface area contributed by atoms with Crippen LogP contribution in [0.25, 0.3) is 0 Å². The van der Waals surface area contributed by atoms with E-state index in [0.717, 1.165) is 32.0 Å². The number of anilines is 2. The molecule has 0 saturated carbocycles. The molecule has 1 amide bonds. The summed E-state index contributed by atoms with van der Waals surface area (Å²) in [6, 6.07) is 1.76. The first-order chi connectivity index (χ1) is 10.8. The summed E-state index contributed by atoms with van der Waals surface area (Å²) >= 11 is 0. The summed E-state index contributed by atoms with van der Waals surface area (Å²) in [6.45, 7) is 8.74. The molecule has 3 heterocycles. The third-order valence-electron chi connectivity index (χ3n) is 3.89. The summed E-state index contributed by atoms with van der Waals surface area (Å²) in [5.74, 6) is 0. The van der Waals surface area contributed by atoms with Gasteiger partial charge in [0.2, 0.25) is 0 Å². The predicted molar refractivity (Wildman–Crippen MR) is 84.9 cm³/mol. The zero-order valence-electron chi connectivity index (χ0n) is 13.6. The van der Waals surface area contributed by atoms with Gasteiger partial charge in [-0.2, -0.15) is 0 Å². The van der Waals surface area contributed by atoms with Crippen LogP contribution in [0.2, 0.25) is 0 Å². The maximum atomic E-state index is 11.9. The Kier molecular flexibility index (Phi) is 3.75. The van der Waals surface area contributed by atoms with Crippen LogP contribution in [0, 0.1) is 5.41 Å². The molecule has 124 valence electrons. The summed E-state index contributed by atoms with van der Waals surface area (Å²) < 4.78 is 10.5. The molecule has 1 aromatic rings. The van der Waals surface area contributed by atoms with Crippen LogP contribution in [0.15, 0.2) is 12.3 Å². The van der Waals surface area contributed by atoms with Crippen molar-refractivity contribution >= 4 is 23.8 Å². The third kappa shape index (κ3) is 3.29. The highest BCUT2D eigenvalue weighted by Gasteiger charge is 2.49. The first-order valence-corrected chi connectivity index (χ1v) is 7.58. The quantitative estimate of drug-likeness (QED) is 0.859. The van der Waals surface area contributed by atoms with E-state index >= 15 is 0 Å². The van der Waals surface area contributed by atoms with Crippen LogP contribution in [0.1, 0.15) is 31.3 Å². The topological polar surface area (TPSA) is 80.8 Å². The molecule has 0 unspecified atom stereocenters. The Labute approximate surface area is 135 Å². The Bertz CT molecular complexity index is 627. The average molecular weight is 319 g/mol. The molecule has 0 aromatic carbocycles. The average Bonchev–Trinajstić information content (AvgIpc) is 2.33. The van der Waals surface area contributed by atoms with Crippen molar-refractivity contribution in [3.05, 3.63) is 18.0 Å². The number of nitrogens with zero attached hydrogens (tertiary/aromatic N) is 2. The van der Waals surface area contributed by atoms with Gasteiger partial charge in [-0.25, -0.2) is 9.78 Å². The molecule has 7 heteroatoms. The summed E-state index contributed by atoms with van der Waals surface area (Å²) in [5.41, 5.74) is 1.09. The van der Waals surface area contributed by atoms with Crippen LogP contribution < -0.4 is 10.2 Å². The van der Waals surface area contributed by atoms with Crippen molar-refractivity contribution in [2.75, 3.05) is 36.5 Å². The van der Waals surface area contributed by atoms with Crippen LogP contribution in [0.4, 0.5) is 16.2 Å². The number of amides is 1. The van der Waals surface area contributed by atoms with E-state index in [2.05, 4.69) is 15.2 Å². The molecular formula is C16H21N3O4. The Morgan fingerprint density at radius 2 is 2.13 bits per heavy atom. The molecule has 1 aromatic heterocycles. The van der Waals surface area contributed by atoms with Crippen molar-refractivity contribution in [3.63, 3.8) is 0 Å². The summed E-state index contributed by atoms with van der Waals surface area (Å²) in [5, 5.41) is 2.60. The van der Waals surface area contributed by atoms with E-state index < -0.39 is 11.7 Å². The zero-order valence-corrected chi connectivity index (χ0v) is 13.6. The molecular weight excluding hydrogens is 298 g/mol. The molecule has 3 rings (SSSR count). The minimum Gasteiger partial charge on any atom is -0.444 e. The van der Waals surface area contributed by atoms with E-state index in [9.17, 15) is 9.59 Å². The molecule has 1 N–H and O–H groups in total. The highest BCUT2D eigenvalue weighted by Crippen LogP contribution is 2.40. The molecule has 0 radical (unpaired) electrons. The van der Waals surface area contributed by atoms with Gasteiger partial charge in [-0.15, -0.1) is 0 Å². The molecule has 0 aliphatic carbocycles. The summed E-state index contributed by atoms with van der Waals surface area (Å²) in [6.07, 6.45) is 1.66. The Balaban J connectivity index is 1.72. The summed E-state index contributed by atoms with van der Waals surface area (Å²) in [7, 11) is 0. The second-order valence-electron chi connectivity index (χ2n) is 7.22. The molecule has 1 spiro atoms. The van der Waals surface area contributed by atoms with E-state index in [1.807, 2.05) is 0 Å². The first-order valence-electron chi connectivity index (χ1n) is 7.58. The van der Waals surface area contributed by atoms with Gasteiger partial charge in [0, 0.05) is 13.1 Å². The van der Waals surface area contributed by atoms with Gasteiger partial charge in [-0.05, 0) is 26.8 Å².